The number of aromatic nitrogens is 2. The molecule has 0 saturated carbocycles. The van der Waals surface area contributed by atoms with Gasteiger partial charge in [-0.15, -0.1) is 5.10 Å². The molecule has 1 amide bonds. The molecule has 2 heterocycles. The van der Waals surface area contributed by atoms with Crippen LogP contribution >= 0.6 is 11.5 Å². The minimum atomic E-state index is 0.267. The Labute approximate surface area is 131 Å². The van der Waals surface area contributed by atoms with E-state index >= 15 is 0 Å². The number of hydrogen-bond acceptors (Lipinski definition) is 5. The maximum atomic E-state index is 12.3. The van der Waals surface area contributed by atoms with Gasteiger partial charge in [0, 0.05) is 31.0 Å². The molecule has 1 aromatic rings. The molecule has 1 aromatic heterocycles. The topological polar surface area (TPSA) is 58.1 Å². The van der Waals surface area contributed by atoms with Crippen molar-refractivity contribution in [2.75, 3.05) is 18.4 Å². The number of anilines is 1. The maximum Gasteiger partial charge on any atom is 0.222 e. The smallest absolute Gasteiger partial charge is 0.222 e. The van der Waals surface area contributed by atoms with Gasteiger partial charge in [0.1, 0.15) is 10.7 Å². The third-order valence-corrected chi connectivity index (χ3v) is 4.78. The Hall–Kier alpha value is -1.17. The summed E-state index contributed by atoms with van der Waals surface area (Å²) < 4.78 is 4.02. The molecule has 0 aromatic carbocycles. The van der Waals surface area contributed by atoms with E-state index in [0.29, 0.717) is 18.9 Å². The summed E-state index contributed by atoms with van der Waals surface area (Å²) in [5.74, 6) is 0.971. The summed E-state index contributed by atoms with van der Waals surface area (Å²) >= 11 is 1.38. The molecular formula is C15H26N4OS. The third-order valence-electron chi connectivity index (χ3n) is 4.06. The SMILES string of the molecule is CCCNc1snnc1CN1CCC(CCC)CCC1=O. The second-order valence-corrected chi connectivity index (χ2v) is 6.53. The third kappa shape index (κ3) is 4.66. The molecule has 0 spiro atoms. The predicted molar refractivity (Wildman–Crippen MR) is 86.4 cm³/mol. The minimum Gasteiger partial charge on any atom is -0.374 e. The molecule has 1 N–H and O–H groups in total. The lowest BCUT2D eigenvalue weighted by Gasteiger charge is -2.20. The number of hydrogen-bond donors (Lipinski definition) is 1. The molecule has 1 unspecified atom stereocenters. The Morgan fingerprint density at radius 1 is 1.33 bits per heavy atom. The number of rotatable bonds is 7. The number of carbonyl (C=O) groups excluding carboxylic acids is 1. The lowest BCUT2D eigenvalue weighted by atomic mass is 9.96. The van der Waals surface area contributed by atoms with Crippen LogP contribution in [0.15, 0.2) is 0 Å². The van der Waals surface area contributed by atoms with E-state index in [-0.39, 0.29) is 5.91 Å². The standard InChI is InChI=1S/C15H26N4OS/c1-3-5-12-6-7-14(20)19(10-8-12)11-13-15(16-9-4-2)21-18-17-13/h12,16H,3-11H2,1-2H3. The minimum absolute atomic E-state index is 0.267. The first kappa shape index (κ1) is 16.2. The average molecular weight is 310 g/mol. The van der Waals surface area contributed by atoms with Gasteiger partial charge in [-0.05, 0) is 25.2 Å². The van der Waals surface area contributed by atoms with Crippen LogP contribution in [0.3, 0.4) is 0 Å². The van der Waals surface area contributed by atoms with E-state index in [2.05, 4.69) is 28.8 Å². The fraction of sp³-hybridized carbons (Fsp3) is 0.800. The van der Waals surface area contributed by atoms with Gasteiger partial charge in [0.15, 0.2) is 0 Å². The predicted octanol–water partition coefficient (Wildman–Crippen LogP) is 3.29. The van der Waals surface area contributed by atoms with E-state index in [1.54, 1.807) is 0 Å². The molecule has 118 valence electrons. The highest BCUT2D eigenvalue weighted by molar-refractivity contribution is 7.10. The molecule has 0 bridgehead atoms. The van der Waals surface area contributed by atoms with Crippen molar-refractivity contribution < 1.29 is 4.79 Å². The molecule has 0 radical (unpaired) electrons. The van der Waals surface area contributed by atoms with Crippen LogP contribution in [0.25, 0.3) is 0 Å². The van der Waals surface area contributed by atoms with Gasteiger partial charge in [0.05, 0.1) is 6.54 Å². The molecule has 21 heavy (non-hydrogen) atoms. The average Bonchev–Trinajstić information content (AvgIpc) is 2.85. The molecule has 2 rings (SSSR count). The van der Waals surface area contributed by atoms with E-state index < -0.39 is 0 Å². The van der Waals surface area contributed by atoms with Crippen LogP contribution in [0, 0.1) is 5.92 Å². The quantitative estimate of drug-likeness (QED) is 0.839. The van der Waals surface area contributed by atoms with Crippen molar-refractivity contribution >= 4 is 22.4 Å². The molecule has 1 saturated heterocycles. The normalized spacial score (nSPS) is 19.6. The van der Waals surface area contributed by atoms with Crippen molar-refractivity contribution in [1.82, 2.24) is 14.5 Å². The van der Waals surface area contributed by atoms with Crippen LogP contribution < -0.4 is 5.32 Å². The van der Waals surface area contributed by atoms with Crippen LogP contribution in [0.4, 0.5) is 5.00 Å². The molecule has 1 aliphatic rings. The van der Waals surface area contributed by atoms with Crippen LogP contribution in [-0.4, -0.2) is 33.5 Å². The van der Waals surface area contributed by atoms with Gasteiger partial charge in [0.2, 0.25) is 5.91 Å². The summed E-state index contributed by atoms with van der Waals surface area (Å²) in [7, 11) is 0. The maximum absolute atomic E-state index is 12.3. The Bertz CT molecular complexity index is 449. The largest absolute Gasteiger partial charge is 0.374 e. The van der Waals surface area contributed by atoms with Gasteiger partial charge in [0.25, 0.3) is 0 Å². The van der Waals surface area contributed by atoms with Crippen molar-refractivity contribution in [1.29, 1.82) is 0 Å². The second kappa shape index (κ2) is 8.32. The number of nitrogens with zero attached hydrogens (tertiary/aromatic N) is 3. The zero-order chi connectivity index (χ0) is 15.1. The summed E-state index contributed by atoms with van der Waals surface area (Å²) in [5.41, 5.74) is 0.913. The van der Waals surface area contributed by atoms with E-state index in [1.165, 1.54) is 24.4 Å². The summed E-state index contributed by atoms with van der Waals surface area (Å²) in [6.45, 7) is 6.72. The molecular weight excluding hydrogens is 284 g/mol. The summed E-state index contributed by atoms with van der Waals surface area (Å²) in [5, 5.41) is 8.56. The first-order valence-electron chi connectivity index (χ1n) is 8.07. The molecule has 1 atom stereocenters. The van der Waals surface area contributed by atoms with E-state index in [4.69, 9.17) is 0 Å². The fourth-order valence-corrected chi connectivity index (χ4v) is 3.42. The zero-order valence-electron chi connectivity index (χ0n) is 13.1. The molecule has 5 nitrogen and oxygen atoms in total. The molecule has 1 aliphatic heterocycles. The van der Waals surface area contributed by atoms with Gasteiger partial charge in [-0.3, -0.25) is 4.79 Å². The zero-order valence-corrected chi connectivity index (χ0v) is 13.9. The first-order valence-corrected chi connectivity index (χ1v) is 8.84. The van der Waals surface area contributed by atoms with Crippen molar-refractivity contribution in [2.45, 2.75) is 58.9 Å². The fourth-order valence-electron chi connectivity index (χ4n) is 2.82. The van der Waals surface area contributed by atoms with Crippen LogP contribution in [0.5, 0.6) is 0 Å². The number of likely N-dealkylation sites (tertiary alicyclic amines) is 1. The van der Waals surface area contributed by atoms with Gasteiger partial charge in [-0.25, -0.2) is 0 Å². The first-order chi connectivity index (χ1) is 10.2. The molecule has 0 aliphatic carbocycles. The summed E-state index contributed by atoms with van der Waals surface area (Å²) in [4.78, 5) is 14.2. The van der Waals surface area contributed by atoms with Crippen molar-refractivity contribution in [3.8, 4) is 0 Å². The highest BCUT2D eigenvalue weighted by atomic mass is 32.1. The summed E-state index contributed by atoms with van der Waals surface area (Å²) in [6, 6.07) is 0. The van der Waals surface area contributed by atoms with Gasteiger partial charge in [-0.1, -0.05) is 31.2 Å². The number of nitrogens with one attached hydrogen (secondary N) is 1. The summed E-state index contributed by atoms with van der Waals surface area (Å²) in [6.07, 6.45) is 6.36. The Morgan fingerprint density at radius 2 is 2.19 bits per heavy atom. The van der Waals surface area contributed by atoms with Crippen LogP contribution in [0.2, 0.25) is 0 Å². The lowest BCUT2D eigenvalue weighted by Crippen LogP contribution is -2.30. The Kier molecular flexibility index (Phi) is 6.42. The van der Waals surface area contributed by atoms with E-state index in [1.807, 2.05) is 4.90 Å². The molecule has 1 fully saturated rings. The Balaban J connectivity index is 1.95. The highest BCUT2D eigenvalue weighted by Gasteiger charge is 2.23. The number of carbonyl (C=O) groups is 1. The van der Waals surface area contributed by atoms with E-state index in [9.17, 15) is 4.79 Å². The second-order valence-electron chi connectivity index (χ2n) is 5.77. The Morgan fingerprint density at radius 3 is 2.95 bits per heavy atom. The van der Waals surface area contributed by atoms with Gasteiger partial charge < -0.3 is 10.2 Å². The number of amides is 1. The van der Waals surface area contributed by atoms with Crippen molar-refractivity contribution in [3.05, 3.63) is 5.69 Å². The van der Waals surface area contributed by atoms with Crippen LogP contribution in [-0.2, 0) is 11.3 Å². The van der Waals surface area contributed by atoms with Gasteiger partial charge in [-0.2, -0.15) is 0 Å². The van der Waals surface area contributed by atoms with Crippen molar-refractivity contribution in [3.63, 3.8) is 0 Å². The van der Waals surface area contributed by atoms with E-state index in [0.717, 1.165) is 43.0 Å². The molecule has 6 heteroatoms. The highest BCUT2D eigenvalue weighted by Crippen LogP contribution is 2.25. The van der Waals surface area contributed by atoms with Crippen molar-refractivity contribution in [2.24, 2.45) is 5.92 Å². The lowest BCUT2D eigenvalue weighted by molar-refractivity contribution is -0.131. The van der Waals surface area contributed by atoms with Gasteiger partial charge >= 0.3 is 0 Å². The monoisotopic (exact) mass is 310 g/mol. The van der Waals surface area contributed by atoms with Crippen LogP contribution in [0.1, 0.15) is 58.1 Å².